The van der Waals surface area contributed by atoms with Crippen LogP contribution in [0, 0.1) is 0 Å². The molecule has 0 bridgehead atoms. The average molecular weight is 342 g/mol. The van der Waals surface area contributed by atoms with E-state index in [2.05, 4.69) is 4.98 Å². The molecule has 0 aliphatic carbocycles. The van der Waals surface area contributed by atoms with E-state index < -0.39 is 6.10 Å². The normalized spacial score (nSPS) is 19.7. The molecular weight excluding hydrogens is 320 g/mol. The second kappa shape index (κ2) is 7.53. The van der Waals surface area contributed by atoms with Crippen LogP contribution in [0.2, 0.25) is 0 Å². The molecule has 1 saturated heterocycles. The summed E-state index contributed by atoms with van der Waals surface area (Å²) in [6.07, 6.45) is 1.79. The number of rotatable bonds is 5. The molecule has 1 N–H and O–H groups in total. The summed E-state index contributed by atoms with van der Waals surface area (Å²) in [6.45, 7) is 0.330. The molecule has 2 atom stereocenters. The van der Waals surface area contributed by atoms with Gasteiger partial charge in [-0.3, -0.25) is 9.78 Å². The van der Waals surface area contributed by atoms with Crippen LogP contribution in [0.4, 0.5) is 0 Å². The summed E-state index contributed by atoms with van der Waals surface area (Å²) in [5, 5.41) is 10.1. The third-order valence-electron chi connectivity index (χ3n) is 4.44. The van der Waals surface area contributed by atoms with Crippen LogP contribution in [-0.2, 0) is 11.2 Å². The molecule has 1 amide bonds. The monoisotopic (exact) mass is 342 g/mol. The number of likely N-dealkylation sites (tertiary alicyclic amines) is 1. The molecular formula is C19H22N2O4. The van der Waals surface area contributed by atoms with E-state index in [0.717, 1.165) is 11.3 Å². The highest BCUT2D eigenvalue weighted by Crippen LogP contribution is 2.34. The third-order valence-corrected chi connectivity index (χ3v) is 4.44. The van der Waals surface area contributed by atoms with E-state index in [9.17, 15) is 9.90 Å². The Morgan fingerprint density at radius 2 is 2.04 bits per heavy atom. The van der Waals surface area contributed by atoms with Gasteiger partial charge in [-0.15, -0.1) is 0 Å². The van der Waals surface area contributed by atoms with E-state index >= 15 is 0 Å². The number of hydrogen-bond acceptors (Lipinski definition) is 5. The van der Waals surface area contributed by atoms with Crippen LogP contribution < -0.4 is 9.47 Å². The number of carbonyl (C=O) groups is 1. The Bertz CT molecular complexity index is 732. The van der Waals surface area contributed by atoms with Gasteiger partial charge in [-0.1, -0.05) is 12.1 Å². The lowest BCUT2D eigenvalue weighted by atomic mass is 10.0. The number of hydrogen-bond donors (Lipinski definition) is 1. The Balaban J connectivity index is 1.76. The Kier molecular flexibility index (Phi) is 5.19. The maximum atomic E-state index is 12.8. The number of pyridine rings is 1. The molecule has 1 fully saturated rings. The van der Waals surface area contributed by atoms with Gasteiger partial charge in [-0.05, 0) is 36.2 Å². The van der Waals surface area contributed by atoms with Crippen molar-refractivity contribution in [3.63, 3.8) is 0 Å². The fourth-order valence-corrected chi connectivity index (χ4v) is 3.15. The number of β-amino-alcohol motifs (C(OH)–C–C–N with tert-alkyl or cyclic N) is 1. The molecule has 1 aliphatic heterocycles. The zero-order valence-corrected chi connectivity index (χ0v) is 14.4. The minimum Gasteiger partial charge on any atom is -0.497 e. The summed E-state index contributed by atoms with van der Waals surface area (Å²) in [7, 11) is 3.19. The molecule has 6 heteroatoms. The predicted octanol–water partition coefficient (Wildman–Crippen LogP) is 1.98. The SMILES string of the molecule is COc1ccc(CC(=O)N2C[C@@H](O)C[C@@H]2c2cccc(OC)c2)nc1. The van der Waals surface area contributed by atoms with Crippen LogP contribution >= 0.6 is 0 Å². The van der Waals surface area contributed by atoms with E-state index in [-0.39, 0.29) is 18.4 Å². The molecule has 2 aromatic rings. The molecule has 1 aromatic heterocycles. The van der Waals surface area contributed by atoms with E-state index in [1.807, 2.05) is 24.3 Å². The lowest BCUT2D eigenvalue weighted by Crippen LogP contribution is -2.33. The molecule has 0 unspecified atom stereocenters. The van der Waals surface area contributed by atoms with Crippen LogP contribution in [0.3, 0.4) is 0 Å². The van der Waals surface area contributed by atoms with Crippen LogP contribution in [0.25, 0.3) is 0 Å². The number of carbonyl (C=O) groups excluding carboxylic acids is 1. The number of aliphatic hydroxyl groups excluding tert-OH is 1. The van der Waals surface area contributed by atoms with Crippen molar-refractivity contribution in [3.8, 4) is 11.5 Å². The Morgan fingerprint density at radius 1 is 1.24 bits per heavy atom. The van der Waals surface area contributed by atoms with Gasteiger partial charge in [0.25, 0.3) is 0 Å². The number of nitrogens with zero attached hydrogens (tertiary/aromatic N) is 2. The van der Waals surface area contributed by atoms with Gasteiger partial charge in [-0.25, -0.2) is 0 Å². The molecule has 3 rings (SSSR count). The first-order valence-corrected chi connectivity index (χ1v) is 8.21. The second-order valence-corrected chi connectivity index (χ2v) is 6.09. The zero-order valence-electron chi connectivity index (χ0n) is 14.4. The number of amides is 1. The van der Waals surface area contributed by atoms with E-state index in [0.29, 0.717) is 24.4 Å². The van der Waals surface area contributed by atoms with Crippen molar-refractivity contribution in [1.29, 1.82) is 0 Å². The highest BCUT2D eigenvalue weighted by molar-refractivity contribution is 5.79. The Morgan fingerprint density at radius 3 is 2.72 bits per heavy atom. The molecule has 6 nitrogen and oxygen atoms in total. The summed E-state index contributed by atoms with van der Waals surface area (Å²) in [5.74, 6) is 1.34. The summed E-state index contributed by atoms with van der Waals surface area (Å²) < 4.78 is 10.3. The van der Waals surface area contributed by atoms with Gasteiger partial charge < -0.3 is 19.5 Å². The Hall–Kier alpha value is -2.60. The average Bonchev–Trinajstić information content (AvgIpc) is 3.04. The van der Waals surface area contributed by atoms with Gasteiger partial charge in [0.2, 0.25) is 5.91 Å². The summed E-state index contributed by atoms with van der Waals surface area (Å²) >= 11 is 0. The van der Waals surface area contributed by atoms with Crippen molar-refractivity contribution in [2.45, 2.75) is 25.0 Å². The van der Waals surface area contributed by atoms with E-state index in [1.165, 1.54) is 0 Å². The minimum atomic E-state index is -0.524. The molecule has 0 saturated carbocycles. The molecule has 25 heavy (non-hydrogen) atoms. The lowest BCUT2D eigenvalue weighted by molar-refractivity contribution is -0.131. The predicted molar refractivity (Wildman–Crippen MR) is 92.6 cm³/mol. The van der Waals surface area contributed by atoms with Crippen LogP contribution in [0.1, 0.15) is 23.7 Å². The molecule has 2 heterocycles. The first-order chi connectivity index (χ1) is 12.1. The fourth-order valence-electron chi connectivity index (χ4n) is 3.15. The van der Waals surface area contributed by atoms with Gasteiger partial charge in [0.05, 0.1) is 39.0 Å². The molecule has 0 spiro atoms. The van der Waals surface area contributed by atoms with Gasteiger partial charge in [0.1, 0.15) is 11.5 Å². The number of benzene rings is 1. The number of aliphatic hydroxyl groups is 1. The van der Waals surface area contributed by atoms with Crippen molar-refractivity contribution >= 4 is 5.91 Å². The molecule has 1 aromatic carbocycles. The summed E-state index contributed by atoms with van der Waals surface area (Å²) in [5.41, 5.74) is 1.64. The second-order valence-electron chi connectivity index (χ2n) is 6.09. The maximum absolute atomic E-state index is 12.8. The minimum absolute atomic E-state index is 0.0537. The lowest BCUT2D eigenvalue weighted by Gasteiger charge is -2.25. The van der Waals surface area contributed by atoms with Crippen LogP contribution in [0.5, 0.6) is 11.5 Å². The van der Waals surface area contributed by atoms with Crippen molar-refractivity contribution in [2.75, 3.05) is 20.8 Å². The first kappa shape index (κ1) is 17.2. The highest BCUT2D eigenvalue weighted by atomic mass is 16.5. The molecule has 0 radical (unpaired) electrons. The number of ether oxygens (including phenoxy) is 2. The van der Waals surface area contributed by atoms with Crippen molar-refractivity contribution in [3.05, 3.63) is 53.9 Å². The van der Waals surface area contributed by atoms with Gasteiger partial charge in [0, 0.05) is 12.2 Å². The van der Waals surface area contributed by atoms with Gasteiger partial charge in [-0.2, -0.15) is 0 Å². The van der Waals surface area contributed by atoms with Crippen molar-refractivity contribution in [2.24, 2.45) is 0 Å². The largest absolute Gasteiger partial charge is 0.497 e. The maximum Gasteiger partial charge on any atom is 0.229 e. The van der Waals surface area contributed by atoms with Gasteiger partial charge >= 0.3 is 0 Å². The molecule has 1 aliphatic rings. The number of aromatic nitrogens is 1. The van der Waals surface area contributed by atoms with Gasteiger partial charge in [0.15, 0.2) is 0 Å². The van der Waals surface area contributed by atoms with E-state index in [4.69, 9.17) is 9.47 Å². The topological polar surface area (TPSA) is 71.9 Å². The van der Waals surface area contributed by atoms with Crippen LogP contribution in [0.15, 0.2) is 42.6 Å². The smallest absolute Gasteiger partial charge is 0.229 e. The third kappa shape index (κ3) is 3.91. The zero-order chi connectivity index (χ0) is 17.8. The highest BCUT2D eigenvalue weighted by Gasteiger charge is 2.35. The first-order valence-electron chi connectivity index (χ1n) is 8.21. The fraction of sp³-hybridized carbons (Fsp3) is 0.368. The van der Waals surface area contributed by atoms with E-state index in [1.54, 1.807) is 37.4 Å². The van der Waals surface area contributed by atoms with Crippen molar-refractivity contribution < 1.29 is 19.4 Å². The molecule has 132 valence electrons. The van der Waals surface area contributed by atoms with Crippen LogP contribution in [-0.4, -0.2) is 47.8 Å². The quantitative estimate of drug-likeness (QED) is 0.899. The van der Waals surface area contributed by atoms with Crippen molar-refractivity contribution in [1.82, 2.24) is 9.88 Å². The Labute approximate surface area is 147 Å². The summed E-state index contributed by atoms with van der Waals surface area (Å²) in [4.78, 5) is 18.7. The standard InChI is InChI=1S/C19H22N2O4/c1-24-16-5-3-4-13(8-16)18-10-15(22)12-21(18)19(23)9-14-6-7-17(25-2)11-20-14/h3-8,11,15,18,22H,9-10,12H2,1-2H3/t15-,18+/m0/s1. The number of methoxy groups -OCH3 is 2. The summed E-state index contributed by atoms with van der Waals surface area (Å²) in [6, 6.07) is 11.0.